The molecule has 0 atom stereocenters. The molecule has 0 aliphatic carbocycles. The molecular formula is C15H13NO4. The Labute approximate surface area is 115 Å². The van der Waals surface area contributed by atoms with Crippen molar-refractivity contribution in [3.8, 4) is 5.75 Å². The van der Waals surface area contributed by atoms with Gasteiger partial charge in [-0.15, -0.1) is 0 Å². The van der Waals surface area contributed by atoms with Crippen molar-refractivity contribution in [2.45, 2.75) is 13.2 Å². The van der Waals surface area contributed by atoms with Crippen LogP contribution in [0.15, 0.2) is 53.7 Å². The maximum atomic E-state index is 11.8. The van der Waals surface area contributed by atoms with Crippen LogP contribution in [0.2, 0.25) is 0 Å². The molecule has 0 heterocycles. The maximum Gasteiger partial charge on any atom is 0.342 e. The summed E-state index contributed by atoms with van der Waals surface area (Å²) in [7, 11) is 0. The van der Waals surface area contributed by atoms with Gasteiger partial charge in [-0.2, -0.15) is 4.91 Å². The van der Waals surface area contributed by atoms with Crippen LogP contribution in [0.4, 0.5) is 0 Å². The lowest BCUT2D eigenvalue weighted by Crippen LogP contribution is -2.05. The molecule has 102 valence electrons. The van der Waals surface area contributed by atoms with Crippen molar-refractivity contribution in [1.82, 2.24) is 0 Å². The van der Waals surface area contributed by atoms with E-state index in [0.29, 0.717) is 5.56 Å². The van der Waals surface area contributed by atoms with Crippen LogP contribution in [-0.4, -0.2) is 11.1 Å². The fourth-order valence-electron chi connectivity index (χ4n) is 1.72. The van der Waals surface area contributed by atoms with Crippen molar-refractivity contribution < 1.29 is 14.6 Å². The van der Waals surface area contributed by atoms with Gasteiger partial charge >= 0.3 is 5.97 Å². The number of esters is 1. The number of hydrogen-bond donors (Lipinski definition) is 1. The zero-order valence-corrected chi connectivity index (χ0v) is 10.7. The molecule has 0 aliphatic heterocycles. The first-order chi connectivity index (χ1) is 9.70. The first-order valence-electron chi connectivity index (χ1n) is 6.03. The Hall–Kier alpha value is -2.69. The maximum absolute atomic E-state index is 11.8. The summed E-state index contributed by atoms with van der Waals surface area (Å²) in [5.41, 5.74) is 1.47. The number of nitrogens with zero attached hydrogens (tertiary/aromatic N) is 1. The summed E-state index contributed by atoms with van der Waals surface area (Å²) in [6.07, 6.45) is 0. The Bertz CT molecular complexity index is 611. The van der Waals surface area contributed by atoms with Crippen molar-refractivity contribution in [2.24, 2.45) is 5.18 Å². The normalized spacial score (nSPS) is 10.0. The van der Waals surface area contributed by atoms with Crippen LogP contribution in [0.3, 0.4) is 0 Å². The molecule has 2 aromatic carbocycles. The standard InChI is InChI=1S/C15H13NO4/c17-14-8-12(9-16-19)6-7-13(14)15(18)20-10-11-4-2-1-3-5-11/h1-8,17H,9-10H2. The molecule has 5 heteroatoms. The molecule has 0 saturated carbocycles. The lowest BCUT2D eigenvalue weighted by Gasteiger charge is -2.07. The zero-order valence-electron chi connectivity index (χ0n) is 10.7. The average molecular weight is 271 g/mol. The van der Waals surface area contributed by atoms with E-state index in [9.17, 15) is 14.8 Å². The van der Waals surface area contributed by atoms with E-state index in [2.05, 4.69) is 5.18 Å². The van der Waals surface area contributed by atoms with Gasteiger partial charge in [0.05, 0.1) is 0 Å². The van der Waals surface area contributed by atoms with Crippen LogP contribution in [0.5, 0.6) is 5.75 Å². The van der Waals surface area contributed by atoms with Gasteiger partial charge in [0.25, 0.3) is 0 Å². The van der Waals surface area contributed by atoms with E-state index in [-0.39, 0.29) is 24.5 Å². The first-order valence-corrected chi connectivity index (χ1v) is 6.03. The molecule has 0 aliphatic rings. The van der Waals surface area contributed by atoms with Crippen molar-refractivity contribution in [1.29, 1.82) is 0 Å². The lowest BCUT2D eigenvalue weighted by molar-refractivity contribution is 0.0469. The minimum absolute atomic E-state index is 0.0487. The number of ether oxygens (including phenoxy) is 1. The number of phenols is 1. The molecule has 0 amide bonds. The van der Waals surface area contributed by atoms with Gasteiger partial charge in [0.15, 0.2) is 0 Å². The highest BCUT2D eigenvalue weighted by Gasteiger charge is 2.13. The van der Waals surface area contributed by atoms with E-state index in [1.807, 2.05) is 30.3 Å². The smallest absolute Gasteiger partial charge is 0.342 e. The number of phenolic OH excluding ortho intramolecular Hbond substituents is 1. The highest BCUT2D eigenvalue weighted by atomic mass is 16.5. The second kappa shape index (κ2) is 6.47. The molecule has 0 saturated heterocycles. The van der Waals surface area contributed by atoms with Crippen LogP contribution in [-0.2, 0) is 17.9 Å². The Kier molecular flexibility index (Phi) is 4.44. The zero-order chi connectivity index (χ0) is 14.4. The van der Waals surface area contributed by atoms with Crippen molar-refractivity contribution in [2.75, 3.05) is 0 Å². The van der Waals surface area contributed by atoms with E-state index in [1.165, 1.54) is 12.1 Å². The molecule has 2 aromatic rings. The van der Waals surface area contributed by atoms with Crippen LogP contribution >= 0.6 is 0 Å². The molecule has 0 fully saturated rings. The Morgan fingerprint density at radius 2 is 1.85 bits per heavy atom. The Morgan fingerprint density at radius 1 is 1.10 bits per heavy atom. The summed E-state index contributed by atoms with van der Waals surface area (Å²) < 4.78 is 5.11. The lowest BCUT2D eigenvalue weighted by atomic mass is 10.1. The molecule has 0 bridgehead atoms. The van der Waals surface area contributed by atoms with E-state index in [0.717, 1.165) is 5.56 Å². The van der Waals surface area contributed by atoms with Crippen molar-refractivity contribution in [3.05, 3.63) is 70.1 Å². The summed E-state index contributed by atoms with van der Waals surface area (Å²) in [4.78, 5) is 22.0. The van der Waals surface area contributed by atoms with Gasteiger partial charge in [0.1, 0.15) is 24.5 Å². The molecule has 0 unspecified atom stereocenters. The van der Waals surface area contributed by atoms with E-state index in [4.69, 9.17) is 4.74 Å². The van der Waals surface area contributed by atoms with Crippen LogP contribution in [0.25, 0.3) is 0 Å². The van der Waals surface area contributed by atoms with Crippen LogP contribution in [0, 0.1) is 4.91 Å². The summed E-state index contributed by atoms with van der Waals surface area (Å²) in [5, 5.41) is 12.5. The third-order valence-electron chi connectivity index (χ3n) is 2.74. The number of nitroso groups, excluding NO2 is 1. The SMILES string of the molecule is O=NCc1ccc(C(=O)OCc2ccccc2)c(O)c1. The van der Waals surface area contributed by atoms with Gasteiger partial charge in [0, 0.05) is 0 Å². The van der Waals surface area contributed by atoms with Gasteiger partial charge in [-0.3, -0.25) is 0 Å². The summed E-state index contributed by atoms with van der Waals surface area (Å²) in [5.74, 6) is -0.832. The molecular weight excluding hydrogens is 258 g/mol. The van der Waals surface area contributed by atoms with Crippen molar-refractivity contribution in [3.63, 3.8) is 0 Å². The fourth-order valence-corrected chi connectivity index (χ4v) is 1.72. The fraction of sp³-hybridized carbons (Fsp3) is 0.133. The highest BCUT2D eigenvalue weighted by Crippen LogP contribution is 2.20. The second-order valence-corrected chi connectivity index (χ2v) is 4.20. The van der Waals surface area contributed by atoms with Gasteiger partial charge in [0.2, 0.25) is 0 Å². The molecule has 2 rings (SSSR count). The van der Waals surface area contributed by atoms with E-state index >= 15 is 0 Å². The number of hydrogen-bond acceptors (Lipinski definition) is 5. The second-order valence-electron chi connectivity index (χ2n) is 4.20. The number of carbonyl (C=O) groups excluding carboxylic acids is 1. The molecule has 0 aromatic heterocycles. The van der Waals surface area contributed by atoms with Gasteiger partial charge < -0.3 is 9.84 Å². The molecule has 0 spiro atoms. The minimum Gasteiger partial charge on any atom is -0.507 e. The predicted octanol–water partition coefficient (Wildman–Crippen LogP) is 3.02. The number of aromatic hydroxyl groups is 1. The van der Waals surface area contributed by atoms with Gasteiger partial charge in [-0.25, -0.2) is 4.79 Å². The number of rotatable bonds is 5. The highest BCUT2D eigenvalue weighted by molar-refractivity contribution is 5.92. The largest absolute Gasteiger partial charge is 0.507 e. The monoisotopic (exact) mass is 271 g/mol. The third kappa shape index (κ3) is 3.41. The molecule has 0 radical (unpaired) electrons. The predicted molar refractivity (Wildman–Crippen MR) is 73.2 cm³/mol. The first kappa shape index (κ1) is 13.7. The van der Waals surface area contributed by atoms with Crippen LogP contribution < -0.4 is 0 Å². The number of carbonyl (C=O) groups is 1. The van der Waals surface area contributed by atoms with E-state index in [1.54, 1.807) is 6.07 Å². The summed E-state index contributed by atoms with van der Waals surface area (Å²) >= 11 is 0. The van der Waals surface area contributed by atoms with Gasteiger partial charge in [-0.05, 0) is 23.3 Å². The Balaban J connectivity index is 2.04. The minimum atomic E-state index is -0.614. The quantitative estimate of drug-likeness (QED) is 0.670. The summed E-state index contributed by atoms with van der Waals surface area (Å²) in [6.45, 7) is 0.0870. The molecule has 5 nitrogen and oxygen atoms in total. The Morgan fingerprint density at radius 3 is 2.50 bits per heavy atom. The van der Waals surface area contributed by atoms with E-state index < -0.39 is 5.97 Å². The average Bonchev–Trinajstić information content (AvgIpc) is 2.46. The van der Waals surface area contributed by atoms with Gasteiger partial charge in [-0.1, -0.05) is 41.6 Å². The topological polar surface area (TPSA) is 76.0 Å². The third-order valence-corrected chi connectivity index (χ3v) is 2.74. The number of benzene rings is 2. The summed E-state index contributed by atoms with van der Waals surface area (Å²) in [6, 6.07) is 13.6. The van der Waals surface area contributed by atoms with Crippen LogP contribution in [0.1, 0.15) is 21.5 Å². The molecule has 1 N–H and O–H groups in total. The molecule has 20 heavy (non-hydrogen) atoms. The van der Waals surface area contributed by atoms with Crippen molar-refractivity contribution >= 4 is 5.97 Å².